The molecule has 3 aliphatic rings. The molecule has 0 bridgehead atoms. The molecule has 218 valence electrons. The van der Waals surface area contributed by atoms with E-state index in [0.717, 1.165) is 38.4 Å². The number of nitrogens with zero attached hydrogens (tertiary/aromatic N) is 1. The van der Waals surface area contributed by atoms with Gasteiger partial charge in [0.15, 0.2) is 17.9 Å². The number of H-pyrrole nitrogens is 1. The molecule has 1 aromatic carbocycles. The van der Waals surface area contributed by atoms with Gasteiger partial charge in [-0.15, -0.1) is 0 Å². The van der Waals surface area contributed by atoms with Gasteiger partial charge >= 0.3 is 19.4 Å². The fourth-order valence-corrected chi connectivity index (χ4v) is 6.96. The van der Waals surface area contributed by atoms with Crippen molar-refractivity contribution in [2.45, 2.75) is 87.5 Å². The van der Waals surface area contributed by atoms with Gasteiger partial charge in [0.2, 0.25) is 0 Å². The van der Waals surface area contributed by atoms with E-state index in [-0.39, 0.29) is 11.9 Å². The predicted octanol–water partition coefficient (Wildman–Crippen LogP) is 1.65. The highest BCUT2D eigenvalue weighted by atomic mass is 31.2. The normalized spacial score (nSPS) is 33.9. The lowest BCUT2D eigenvalue weighted by Gasteiger charge is -2.33. The van der Waals surface area contributed by atoms with E-state index in [2.05, 4.69) is 5.09 Å². The number of carbonyl (C=O) groups is 1. The number of ether oxygens (including phenoxy) is 2. The van der Waals surface area contributed by atoms with Gasteiger partial charge in [-0.25, -0.2) is 13.8 Å². The summed E-state index contributed by atoms with van der Waals surface area (Å²) in [6, 6.07) is 7.45. The second-order valence-electron chi connectivity index (χ2n) is 10.5. The Kier molecular flexibility index (Phi) is 7.30. The van der Waals surface area contributed by atoms with Crippen LogP contribution in [0, 0.1) is 0 Å². The number of rotatable bonds is 9. The lowest BCUT2D eigenvalue weighted by atomic mass is 9.95. The van der Waals surface area contributed by atoms with Crippen LogP contribution in [-0.2, 0) is 23.4 Å². The van der Waals surface area contributed by atoms with E-state index in [9.17, 15) is 29.2 Å². The van der Waals surface area contributed by atoms with Crippen molar-refractivity contribution in [3.05, 3.63) is 63.4 Å². The highest BCUT2D eigenvalue weighted by molar-refractivity contribution is 7.52. The molecule has 0 amide bonds. The van der Waals surface area contributed by atoms with E-state index in [0.29, 0.717) is 17.4 Å². The van der Waals surface area contributed by atoms with Crippen LogP contribution in [0.3, 0.4) is 0 Å². The predicted molar refractivity (Wildman–Crippen MR) is 136 cm³/mol. The molecule has 2 heterocycles. The highest BCUT2D eigenvalue weighted by Gasteiger charge is 2.95. The number of alkyl halides is 1. The van der Waals surface area contributed by atoms with Gasteiger partial charge in [0.05, 0.1) is 0 Å². The molecule has 5 rings (SSSR count). The minimum absolute atomic E-state index is 0.0437. The van der Waals surface area contributed by atoms with E-state index >= 15 is 4.39 Å². The summed E-state index contributed by atoms with van der Waals surface area (Å²) < 4.78 is 52.4. The zero-order valence-electron chi connectivity index (χ0n) is 21.8. The van der Waals surface area contributed by atoms with Crippen LogP contribution in [0.4, 0.5) is 4.39 Å². The molecule has 7 atom stereocenters. The van der Waals surface area contributed by atoms with Gasteiger partial charge in [-0.05, 0) is 51.7 Å². The van der Waals surface area contributed by atoms with Crippen molar-refractivity contribution in [2.24, 2.45) is 0 Å². The Morgan fingerprint density at radius 1 is 1.20 bits per heavy atom. The van der Waals surface area contributed by atoms with Crippen molar-refractivity contribution >= 4 is 13.7 Å². The fraction of sp³-hybridized carbons (Fsp3) is 0.560. The van der Waals surface area contributed by atoms with Gasteiger partial charge in [0, 0.05) is 12.3 Å². The maximum atomic E-state index is 16.0. The molecular weight excluding hydrogens is 552 g/mol. The van der Waals surface area contributed by atoms with Crippen LogP contribution in [0.1, 0.15) is 52.2 Å². The van der Waals surface area contributed by atoms with Crippen LogP contribution in [0.15, 0.2) is 52.2 Å². The first-order valence-electron chi connectivity index (χ1n) is 12.9. The van der Waals surface area contributed by atoms with Gasteiger partial charge in [-0.1, -0.05) is 24.6 Å². The van der Waals surface area contributed by atoms with Crippen LogP contribution < -0.4 is 20.9 Å². The van der Waals surface area contributed by atoms with Crippen molar-refractivity contribution in [2.75, 3.05) is 0 Å². The van der Waals surface area contributed by atoms with Crippen LogP contribution >= 0.6 is 7.75 Å². The summed E-state index contributed by atoms with van der Waals surface area (Å²) in [6.07, 6.45) is 1.15. The lowest BCUT2D eigenvalue weighted by Crippen LogP contribution is -2.51. The van der Waals surface area contributed by atoms with Crippen LogP contribution in [-0.4, -0.2) is 61.0 Å². The maximum Gasteiger partial charge on any atom is 0.460 e. The number of aromatic nitrogens is 2. The summed E-state index contributed by atoms with van der Waals surface area (Å²) in [7, 11) is -4.66. The van der Waals surface area contributed by atoms with E-state index in [1.807, 2.05) is 4.98 Å². The summed E-state index contributed by atoms with van der Waals surface area (Å²) in [6.45, 7) is 2.37. The summed E-state index contributed by atoms with van der Waals surface area (Å²) in [5.74, 6) is -3.82. The van der Waals surface area contributed by atoms with Crippen molar-refractivity contribution in [1.82, 2.24) is 14.6 Å². The van der Waals surface area contributed by atoms with Gasteiger partial charge in [0.1, 0.15) is 23.5 Å². The minimum atomic E-state index is -4.66. The number of carbonyl (C=O) groups excluding carboxylic acids is 1. The van der Waals surface area contributed by atoms with E-state index < -0.39 is 60.4 Å². The van der Waals surface area contributed by atoms with Gasteiger partial charge in [-0.3, -0.25) is 23.7 Å². The molecule has 1 aliphatic heterocycles. The topological polar surface area (TPSA) is 178 Å². The van der Waals surface area contributed by atoms with Gasteiger partial charge in [-0.2, -0.15) is 5.09 Å². The highest BCUT2D eigenvalue weighted by Crippen LogP contribution is 2.71. The second-order valence-corrected chi connectivity index (χ2v) is 12.1. The van der Waals surface area contributed by atoms with Crippen molar-refractivity contribution in [3.8, 4) is 5.75 Å². The quantitative estimate of drug-likeness (QED) is 0.249. The first-order valence-corrected chi connectivity index (χ1v) is 14.5. The average molecular weight is 584 g/mol. The molecule has 0 spiro atoms. The van der Waals surface area contributed by atoms with Crippen molar-refractivity contribution < 1.29 is 42.5 Å². The van der Waals surface area contributed by atoms with Gasteiger partial charge < -0.3 is 24.2 Å². The third-order valence-corrected chi connectivity index (χ3v) is 9.19. The summed E-state index contributed by atoms with van der Waals surface area (Å²) in [5, 5.41) is 24.8. The van der Waals surface area contributed by atoms with Crippen LogP contribution in [0.5, 0.6) is 5.75 Å². The Labute approximate surface area is 227 Å². The minimum Gasteiger partial charge on any atom is -0.461 e. The smallest absolute Gasteiger partial charge is 0.460 e. The maximum absolute atomic E-state index is 16.0. The number of aromatic amines is 1. The van der Waals surface area contributed by atoms with Gasteiger partial charge in [0.25, 0.3) is 11.4 Å². The van der Waals surface area contributed by atoms with E-state index in [1.54, 1.807) is 18.2 Å². The summed E-state index contributed by atoms with van der Waals surface area (Å²) in [4.78, 5) is 38.4. The Morgan fingerprint density at radius 2 is 1.88 bits per heavy atom. The molecule has 1 aromatic heterocycles. The summed E-state index contributed by atoms with van der Waals surface area (Å²) >= 11 is 0. The molecule has 40 heavy (non-hydrogen) atoms. The molecule has 2 unspecified atom stereocenters. The number of para-hydroxylation sites is 1. The molecular formula is C25H31FN3O10P. The zero-order chi connectivity index (χ0) is 28.9. The third kappa shape index (κ3) is 4.82. The number of hydrogen-bond donors (Lipinski definition) is 4. The monoisotopic (exact) mass is 583 g/mol. The van der Waals surface area contributed by atoms with E-state index in [4.69, 9.17) is 18.5 Å². The second kappa shape index (κ2) is 10.2. The van der Waals surface area contributed by atoms with Crippen molar-refractivity contribution in [3.63, 3.8) is 0 Å². The Balaban J connectivity index is 1.38. The molecule has 0 radical (unpaired) electrons. The average Bonchev–Trinajstić information content (AvgIpc) is 3.30. The molecule has 2 aliphatic carbocycles. The number of fused-ring (bicyclic) bond motifs is 1. The molecule has 3 fully saturated rings. The van der Waals surface area contributed by atoms with Crippen molar-refractivity contribution in [1.29, 1.82) is 0 Å². The molecule has 2 aromatic rings. The molecule has 1 saturated heterocycles. The fourth-order valence-electron chi connectivity index (χ4n) is 5.26. The lowest BCUT2D eigenvalue weighted by molar-refractivity contribution is -0.180. The first kappa shape index (κ1) is 28.7. The SMILES string of the molecule is CC(NP(=O)(Oc1ccccc1)O[C@H]1[C@]2(O)[C@@](C)(O)[C@H](n3ccc(=O)[nH]c3=O)O[C@]12F)C(=O)OC1CCCCC1. The van der Waals surface area contributed by atoms with Crippen LogP contribution in [0.25, 0.3) is 0 Å². The zero-order valence-corrected chi connectivity index (χ0v) is 22.7. The van der Waals surface area contributed by atoms with E-state index in [1.165, 1.54) is 19.1 Å². The number of esters is 1. The molecule has 4 N–H and O–H groups in total. The number of hydrogen-bond acceptors (Lipinski definition) is 10. The number of halogens is 1. The number of aliphatic hydroxyl groups is 2. The Hall–Kier alpha value is -2.87. The molecule has 15 heteroatoms. The standard InChI is InChI=1S/C25H31FN3O10P/c1-15(19(31)36-16-9-5-3-6-10-16)28-40(35,38-17-11-7-4-8-12-17)39-20-24(34)23(2,33)21(37-25(20,24)26)29-14-13-18(30)27-22(29)32/h4,7-8,11-16,20-21,33-34H,3,5-6,9-10H2,1-2H3,(H,28,35)(H,27,30,32)/t15?,20-,21+,23-,24-,25+,40?/m0/s1. The Bertz CT molecular complexity index is 1430. The third-order valence-electron chi connectivity index (χ3n) is 7.55. The summed E-state index contributed by atoms with van der Waals surface area (Å²) in [5.41, 5.74) is -7.09. The Morgan fingerprint density at radius 3 is 2.48 bits per heavy atom. The largest absolute Gasteiger partial charge is 0.461 e. The molecule has 13 nitrogen and oxygen atoms in total. The molecule has 2 saturated carbocycles. The van der Waals surface area contributed by atoms with Crippen LogP contribution in [0.2, 0.25) is 0 Å². The first-order chi connectivity index (χ1) is 18.8. The number of benzene rings is 1. The number of nitrogens with one attached hydrogen (secondary N) is 2.